The maximum Gasteiger partial charge on any atom is 0.138 e. The second-order valence-electron chi connectivity index (χ2n) is 6.03. The van der Waals surface area contributed by atoms with E-state index in [-0.39, 0.29) is 0 Å². The summed E-state index contributed by atoms with van der Waals surface area (Å²) >= 11 is 7.18. The molecule has 130 valence electrons. The second-order valence-corrected chi connectivity index (χ2v) is 7.80. The van der Waals surface area contributed by atoms with Gasteiger partial charge in [0.2, 0.25) is 0 Å². The van der Waals surface area contributed by atoms with Gasteiger partial charge in [-0.25, -0.2) is 0 Å². The van der Waals surface area contributed by atoms with Crippen molar-refractivity contribution in [1.29, 1.82) is 0 Å². The van der Waals surface area contributed by atoms with E-state index in [1.54, 1.807) is 0 Å². The summed E-state index contributed by atoms with van der Waals surface area (Å²) in [6, 6.07) is 15.3. The number of ether oxygens (including phenoxy) is 1. The monoisotopic (exact) mass is 453 g/mol. The molecule has 2 rings (SSSR count). The first kappa shape index (κ1) is 19.5. The standard InChI is InChI=1S/C20H25Br2NO/c1-3-11-24-20-17(12-18(21)13-19(20)22)14-23-15(2)9-10-16-7-5-4-6-8-16/h4-8,12-13,15,23H,3,9-11,14H2,1-2H3. The van der Waals surface area contributed by atoms with Crippen molar-refractivity contribution in [2.75, 3.05) is 6.61 Å². The molecule has 0 radical (unpaired) electrons. The molecule has 0 aliphatic rings. The maximum absolute atomic E-state index is 5.93. The predicted octanol–water partition coefficient (Wildman–Crippen LogP) is 6.11. The fraction of sp³-hybridized carbons (Fsp3) is 0.400. The minimum Gasteiger partial charge on any atom is -0.492 e. The van der Waals surface area contributed by atoms with Crippen LogP contribution in [0.1, 0.15) is 37.8 Å². The van der Waals surface area contributed by atoms with Crippen molar-refractivity contribution in [3.63, 3.8) is 0 Å². The van der Waals surface area contributed by atoms with Gasteiger partial charge in [0.1, 0.15) is 5.75 Å². The van der Waals surface area contributed by atoms with Gasteiger partial charge in [-0.3, -0.25) is 0 Å². The summed E-state index contributed by atoms with van der Waals surface area (Å²) in [6.07, 6.45) is 3.21. The highest BCUT2D eigenvalue weighted by molar-refractivity contribution is 9.11. The summed E-state index contributed by atoms with van der Waals surface area (Å²) in [7, 11) is 0. The van der Waals surface area contributed by atoms with Crippen LogP contribution in [-0.2, 0) is 13.0 Å². The molecule has 0 heterocycles. The largest absolute Gasteiger partial charge is 0.492 e. The average molecular weight is 455 g/mol. The number of hydrogen-bond acceptors (Lipinski definition) is 2. The van der Waals surface area contributed by atoms with Gasteiger partial charge in [-0.05, 0) is 59.8 Å². The highest BCUT2D eigenvalue weighted by Crippen LogP contribution is 2.33. The molecule has 2 aromatic rings. The maximum atomic E-state index is 5.93. The molecule has 0 aliphatic heterocycles. The molecule has 1 N–H and O–H groups in total. The molecule has 24 heavy (non-hydrogen) atoms. The second kappa shape index (κ2) is 10.2. The molecule has 0 saturated heterocycles. The van der Waals surface area contributed by atoms with Gasteiger partial charge < -0.3 is 10.1 Å². The summed E-state index contributed by atoms with van der Waals surface area (Å²) in [6.45, 7) is 5.89. The fourth-order valence-electron chi connectivity index (χ4n) is 2.52. The summed E-state index contributed by atoms with van der Waals surface area (Å²) in [4.78, 5) is 0. The molecule has 0 aromatic heterocycles. The lowest BCUT2D eigenvalue weighted by molar-refractivity contribution is 0.310. The Kier molecular flexibility index (Phi) is 8.30. The number of rotatable bonds is 9. The van der Waals surface area contributed by atoms with Crippen LogP contribution in [0, 0.1) is 0 Å². The Morgan fingerprint density at radius 3 is 2.58 bits per heavy atom. The molecule has 2 nitrogen and oxygen atoms in total. The third-order valence-electron chi connectivity index (χ3n) is 3.89. The Hall–Kier alpha value is -0.840. The van der Waals surface area contributed by atoms with Crippen molar-refractivity contribution in [3.8, 4) is 5.75 Å². The van der Waals surface area contributed by atoms with Gasteiger partial charge in [0.25, 0.3) is 0 Å². The lowest BCUT2D eigenvalue weighted by Crippen LogP contribution is -2.26. The van der Waals surface area contributed by atoms with Crippen molar-refractivity contribution in [2.45, 2.75) is 45.7 Å². The third-order valence-corrected chi connectivity index (χ3v) is 4.93. The number of hydrogen-bond donors (Lipinski definition) is 1. The number of benzene rings is 2. The van der Waals surface area contributed by atoms with E-state index in [9.17, 15) is 0 Å². The smallest absolute Gasteiger partial charge is 0.138 e. The minimum atomic E-state index is 0.446. The quantitative estimate of drug-likeness (QED) is 0.493. The van der Waals surface area contributed by atoms with Gasteiger partial charge in [-0.1, -0.05) is 53.2 Å². The van der Waals surface area contributed by atoms with Crippen molar-refractivity contribution in [3.05, 3.63) is 62.5 Å². The van der Waals surface area contributed by atoms with E-state index in [0.717, 1.165) is 47.1 Å². The molecule has 1 unspecified atom stereocenters. The fourth-order valence-corrected chi connectivity index (χ4v) is 3.95. The van der Waals surface area contributed by atoms with E-state index < -0.39 is 0 Å². The Labute approximate surface area is 162 Å². The SMILES string of the molecule is CCCOc1c(Br)cc(Br)cc1CNC(C)CCc1ccccc1. The normalized spacial score (nSPS) is 12.2. The van der Waals surface area contributed by atoms with Gasteiger partial charge in [-0.2, -0.15) is 0 Å². The van der Waals surface area contributed by atoms with E-state index in [1.165, 1.54) is 11.1 Å². The molecular formula is C20H25Br2NO. The summed E-state index contributed by atoms with van der Waals surface area (Å²) in [5.41, 5.74) is 2.57. The molecule has 4 heteroatoms. The number of aryl methyl sites for hydroxylation is 1. The average Bonchev–Trinajstić information content (AvgIpc) is 2.58. The minimum absolute atomic E-state index is 0.446. The van der Waals surface area contributed by atoms with Crippen molar-refractivity contribution in [2.24, 2.45) is 0 Å². The Bertz CT molecular complexity index is 631. The molecule has 0 saturated carbocycles. The molecule has 1 atom stereocenters. The molecule has 0 bridgehead atoms. The van der Waals surface area contributed by atoms with Gasteiger partial charge in [0.15, 0.2) is 0 Å². The molecule has 0 aliphatic carbocycles. The first-order chi connectivity index (χ1) is 11.6. The lowest BCUT2D eigenvalue weighted by atomic mass is 10.1. The van der Waals surface area contributed by atoms with E-state index in [4.69, 9.17) is 4.74 Å². The van der Waals surface area contributed by atoms with Crippen LogP contribution < -0.4 is 10.1 Å². The zero-order chi connectivity index (χ0) is 17.4. The van der Waals surface area contributed by atoms with Crippen molar-refractivity contribution in [1.82, 2.24) is 5.32 Å². The van der Waals surface area contributed by atoms with Crippen LogP contribution in [-0.4, -0.2) is 12.6 Å². The molecule has 0 fully saturated rings. The topological polar surface area (TPSA) is 21.3 Å². The van der Waals surface area contributed by atoms with E-state index in [2.05, 4.69) is 87.4 Å². The summed E-state index contributed by atoms with van der Waals surface area (Å²) in [5.74, 6) is 0.947. The predicted molar refractivity (Wildman–Crippen MR) is 109 cm³/mol. The van der Waals surface area contributed by atoms with E-state index >= 15 is 0 Å². The molecule has 0 amide bonds. The van der Waals surface area contributed by atoms with Crippen LogP contribution in [0.2, 0.25) is 0 Å². The highest BCUT2D eigenvalue weighted by Gasteiger charge is 2.11. The Morgan fingerprint density at radius 1 is 1.12 bits per heavy atom. The van der Waals surface area contributed by atoms with Crippen LogP contribution in [0.4, 0.5) is 0 Å². The van der Waals surface area contributed by atoms with Crippen LogP contribution >= 0.6 is 31.9 Å². The van der Waals surface area contributed by atoms with E-state index in [0.29, 0.717) is 6.04 Å². The van der Waals surface area contributed by atoms with Gasteiger partial charge >= 0.3 is 0 Å². The zero-order valence-electron chi connectivity index (χ0n) is 14.3. The van der Waals surface area contributed by atoms with Crippen molar-refractivity contribution < 1.29 is 4.74 Å². The van der Waals surface area contributed by atoms with Gasteiger partial charge in [0.05, 0.1) is 11.1 Å². The molecule has 2 aromatic carbocycles. The summed E-state index contributed by atoms with van der Waals surface area (Å²) < 4.78 is 7.99. The number of halogens is 2. The van der Waals surface area contributed by atoms with Crippen LogP contribution in [0.15, 0.2) is 51.4 Å². The first-order valence-corrected chi connectivity index (χ1v) is 10.1. The Morgan fingerprint density at radius 2 is 1.88 bits per heavy atom. The molecule has 0 spiro atoms. The van der Waals surface area contributed by atoms with Gasteiger partial charge in [-0.15, -0.1) is 0 Å². The van der Waals surface area contributed by atoms with Gasteiger partial charge in [0, 0.05) is 22.6 Å². The van der Waals surface area contributed by atoms with Crippen LogP contribution in [0.5, 0.6) is 5.75 Å². The van der Waals surface area contributed by atoms with Crippen LogP contribution in [0.3, 0.4) is 0 Å². The Balaban J connectivity index is 1.92. The van der Waals surface area contributed by atoms with Crippen LogP contribution in [0.25, 0.3) is 0 Å². The van der Waals surface area contributed by atoms with E-state index in [1.807, 2.05) is 6.07 Å². The third kappa shape index (κ3) is 6.23. The molecular weight excluding hydrogens is 430 g/mol. The highest BCUT2D eigenvalue weighted by atomic mass is 79.9. The zero-order valence-corrected chi connectivity index (χ0v) is 17.5. The first-order valence-electron chi connectivity index (χ1n) is 8.48. The van der Waals surface area contributed by atoms with Crippen molar-refractivity contribution >= 4 is 31.9 Å². The summed E-state index contributed by atoms with van der Waals surface area (Å²) in [5, 5.41) is 3.62. The lowest BCUT2D eigenvalue weighted by Gasteiger charge is -2.17. The number of nitrogens with one attached hydrogen (secondary N) is 1.